The molecule has 0 saturated heterocycles. The molecule has 0 radical (unpaired) electrons. The lowest BCUT2D eigenvalue weighted by Gasteiger charge is -2.01. The largest absolute Gasteiger partial charge is 0.285 e. The molecule has 0 N–H and O–H groups in total. The van der Waals surface area contributed by atoms with Crippen molar-refractivity contribution in [3.63, 3.8) is 0 Å². The van der Waals surface area contributed by atoms with Crippen LogP contribution < -0.4 is 0 Å². The van der Waals surface area contributed by atoms with Gasteiger partial charge in [0.25, 0.3) is 0 Å². The van der Waals surface area contributed by atoms with Crippen LogP contribution in [0.4, 0.5) is 0 Å². The molecule has 0 aliphatic heterocycles. The van der Waals surface area contributed by atoms with Crippen molar-refractivity contribution in [2.24, 2.45) is 0 Å². The molecule has 1 nitrogen and oxygen atoms in total. The van der Waals surface area contributed by atoms with Crippen molar-refractivity contribution in [2.45, 2.75) is 24.1 Å². The Balaban J connectivity index is 2.65. The van der Waals surface area contributed by atoms with E-state index in [2.05, 4.69) is 0 Å². The predicted octanol–water partition coefficient (Wildman–Crippen LogP) is 3.24. The van der Waals surface area contributed by atoms with Crippen LogP contribution in [-0.2, 0) is 4.79 Å². The van der Waals surface area contributed by atoms with Crippen LogP contribution in [0.1, 0.15) is 12.5 Å². The maximum absolute atomic E-state index is 11.2. The zero-order valence-electron chi connectivity index (χ0n) is 7.58. The Morgan fingerprint density at radius 3 is 2.38 bits per heavy atom. The third-order valence-corrected chi connectivity index (χ3v) is 2.95. The normalized spacial score (nSPS) is 12.5. The van der Waals surface area contributed by atoms with Gasteiger partial charge in [-0.15, -0.1) is 11.6 Å². The minimum absolute atomic E-state index is 0.00878. The van der Waals surface area contributed by atoms with Gasteiger partial charge in [0.05, 0.1) is 5.38 Å². The highest BCUT2D eigenvalue weighted by Crippen LogP contribution is 2.21. The van der Waals surface area contributed by atoms with Gasteiger partial charge in [-0.1, -0.05) is 29.5 Å². The standard InChI is InChI=1S/C10H11ClOS/c1-7-3-5-9(6-4-7)13-10(12)8(2)11/h3-6,8H,1-2H3/t8-/m0/s1. The maximum Gasteiger partial charge on any atom is 0.211 e. The van der Waals surface area contributed by atoms with Crippen LogP contribution in [0.5, 0.6) is 0 Å². The summed E-state index contributed by atoms with van der Waals surface area (Å²) in [7, 11) is 0. The third kappa shape index (κ3) is 3.41. The van der Waals surface area contributed by atoms with Crippen molar-refractivity contribution < 1.29 is 4.79 Å². The van der Waals surface area contributed by atoms with Crippen LogP contribution in [0.15, 0.2) is 29.2 Å². The third-order valence-electron chi connectivity index (χ3n) is 1.56. The van der Waals surface area contributed by atoms with E-state index in [-0.39, 0.29) is 5.12 Å². The highest BCUT2D eigenvalue weighted by atomic mass is 35.5. The fourth-order valence-corrected chi connectivity index (χ4v) is 1.60. The number of hydrogen-bond donors (Lipinski definition) is 0. The van der Waals surface area contributed by atoms with E-state index in [4.69, 9.17) is 11.6 Å². The van der Waals surface area contributed by atoms with Crippen LogP contribution in [-0.4, -0.2) is 10.5 Å². The number of thioether (sulfide) groups is 1. The summed E-state index contributed by atoms with van der Waals surface area (Å²) in [5, 5.41) is -0.433. The molecule has 0 aromatic heterocycles. The molecule has 1 aromatic rings. The number of benzene rings is 1. The summed E-state index contributed by atoms with van der Waals surface area (Å²) in [4.78, 5) is 12.2. The first kappa shape index (κ1) is 10.6. The number of aryl methyl sites for hydroxylation is 1. The van der Waals surface area contributed by atoms with Crippen LogP contribution in [0, 0.1) is 6.92 Å². The number of alkyl halides is 1. The number of rotatable bonds is 2. The second-order valence-electron chi connectivity index (χ2n) is 2.85. The highest BCUT2D eigenvalue weighted by molar-refractivity contribution is 8.13. The minimum Gasteiger partial charge on any atom is -0.285 e. The summed E-state index contributed by atoms with van der Waals surface area (Å²) < 4.78 is 0. The number of halogens is 1. The average molecular weight is 215 g/mol. The summed E-state index contributed by atoms with van der Waals surface area (Å²) in [6, 6.07) is 7.82. The molecule has 0 saturated carbocycles. The SMILES string of the molecule is Cc1ccc(SC(=O)[C@H](C)Cl)cc1. The van der Waals surface area contributed by atoms with Gasteiger partial charge in [0.2, 0.25) is 5.12 Å². The molecule has 1 aromatic carbocycles. The number of hydrogen-bond acceptors (Lipinski definition) is 2. The van der Waals surface area contributed by atoms with Gasteiger partial charge in [0.15, 0.2) is 0 Å². The van der Waals surface area contributed by atoms with Crippen molar-refractivity contribution in [1.82, 2.24) is 0 Å². The Morgan fingerprint density at radius 2 is 1.92 bits per heavy atom. The minimum atomic E-state index is -0.425. The Kier molecular flexibility index (Phi) is 3.82. The first-order chi connectivity index (χ1) is 6.09. The number of carbonyl (C=O) groups is 1. The molecular formula is C10H11ClOS. The lowest BCUT2D eigenvalue weighted by atomic mass is 10.2. The van der Waals surface area contributed by atoms with E-state index in [1.54, 1.807) is 6.92 Å². The first-order valence-electron chi connectivity index (χ1n) is 4.02. The fraction of sp³-hybridized carbons (Fsp3) is 0.300. The second-order valence-corrected chi connectivity index (χ2v) is 4.58. The molecule has 0 fully saturated rings. The Morgan fingerprint density at radius 1 is 1.38 bits per heavy atom. The lowest BCUT2D eigenvalue weighted by Crippen LogP contribution is -2.04. The van der Waals surface area contributed by atoms with Crippen LogP contribution in [0.25, 0.3) is 0 Å². The monoisotopic (exact) mass is 214 g/mol. The van der Waals surface area contributed by atoms with Gasteiger partial charge in [-0.05, 0) is 26.0 Å². The maximum atomic E-state index is 11.2. The van der Waals surface area contributed by atoms with Crippen LogP contribution in [0.2, 0.25) is 0 Å². The molecule has 0 aliphatic rings. The molecule has 0 bridgehead atoms. The van der Waals surface area contributed by atoms with Gasteiger partial charge in [-0.3, -0.25) is 4.79 Å². The summed E-state index contributed by atoms with van der Waals surface area (Å²) in [6.07, 6.45) is 0. The molecule has 0 unspecified atom stereocenters. The molecule has 1 atom stereocenters. The molecule has 0 spiro atoms. The molecule has 70 valence electrons. The highest BCUT2D eigenvalue weighted by Gasteiger charge is 2.10. The van der Waals surface area contributed by atoms with Gasteiger partial charge in [-0.2, -0.15) is 0 Å². The summed E-state index contributed by atoms with van der Waals surface area (Å²) >= 11 is 6.83. The van der Waals surface area contributed by atoms with Crippen molar-refractivity contribution in [2.75, 3.05) is 0 Å². The smallest absolute Gasteiger partial charge is 0.211 e. The summed E-state index contributed by atoms with van der Waals surface area (Å²) in [6.45, 7) is 3.70. The van der Waals surface area contributed by atoms with Gasteiger partial charge < -0.3 is 0 Å². The van der Waals surface area contributed by atoms with E-state index >= 15 is 0 Å². The fourth-order valence-electron chi connectivity index (χ4n) is 0.804. The van der Waals surface area contributed by atoms with Crippen molar-refractivity contribution in [3.8, 4) is 0 Å². The molecule has 0 aliphatic carbocycles. The van der Waals surface area contributed by atoms with E-state index in [0.29, 0.717) is 0 Å². The van der Waals surface area contributed by atoms with E-state index in [0.717, 1.165) is 4.90 Å². The molecule has 0 amide bonds. The van der Waals surface area contributed by atoms with Gasteiger partial charge in [0, 0.05) is 4.90 Å². The first-order valence-corrected chi connectivity index (χ1v) is 5.27. The van der Waals surface area contributed by atoms with Crippen LogP contribution in [0.3, 0.4) is 0 Å². The van der Waals surface area contributed by atoms with Crippen molar-refractivity contribution in [3.05, 3.63) is 29.8 Å². The topological polar surface area (TPSA) is 17.1 Å². The van der Waals surface area contributed by atoms with Crippen molar-refractivity contribution in [1.29, 1.82) is 0 Å². The van der Waals surface area contributed by atoms with E-state index in [1.165, 1.54) is 17.3 Å². The van der Waals surface area contributed by atoms with E-state index in [1.807, 2.05) is 31.2 Å². The van der Waals surface area contributed by atoms with Gasteiger partial charge in [0.1, 0.15) is 0 Å². The Bertz CT molecular complexity index is 292. The second kappa shape index (κ2) is 4.68. The molecule has 0 heterocycles. The van der Waals surface area contributed by atoms with Crippen molar-refractivity contribution >= 4 is 28.5 Å². The zero-order chi connectivity index (χ0) is 9.84. The van der Waals surface area contributed by atoms with Gasteiger partial charge in [-0.25, -0.2) is 0 Å². The van der Waals surface area contributed by atoms with E-state index < -0.39 is 5.38 Å². The summed E-state index contributed by atoms with van der Waals surface area (Å²) in [5.41, 5.74) is 1.19. The Labute approximate surface area is 87.5 Å². The molecule has 3 heteroatoms. The van der Waals surface area contributed by atoms with E-state index in [9.17, 15) is 4.79 Å². The zero-order valence-corrected chi connectivity index (χ0v) is 9.15. The molecule has 1 rings (SSSR count). The average Bonchev–Trinajstić information content (AvgIpc) is 2.08. The summed E-state index contributed by atoms with van der Waals surface area (Å²) in [5.74, 6) is 0. The van der Waals surface area contributed by atoms with Gasteiger partial charge >= 0.3 is 0 Å². The predicted molar refractivity (Wildman–Crippen MR) is 57.4 cm³/mol. The molecule has 13 heavy (non-hydrogen) atoms. The quantitative estimate of drug-likeness (QED) is 0.556. The molecular weight excluding hydrogens is 204 g/mol. The number of carbonyl (C=O) groups excluding carboxylic acids is 1. The lowest BCUT2D eigenvalue weighted by molar-refractivity contribution is -0.110. The van der Waals surface area contributed by atoms with Crippen LogP contribution >= 0.6 is 23.4 Å². The Hall–Kier alpha value is -0.470.